The Bertz CT molecular complexity index is 261. The summed E-state index contributed by atoms with van der Waals surface area (Å²) >= 11 is 0. The van der Waals surface area contributed by atoms with Gasteiger partial charge < -0.3 is 15.7 Å². The maximum atomic E-state index is 12.4. The molecule has 0 aromatic heterocycles. The van der Waals surface area contributed by atoms with Gasteiger partial charge in [0.25, 0.3) is 0 Å². The highest BCUT2D eigenvalue weighted by molar-refractivity contribution is 5.79. The summed E-state index contributed by atoms with van der Waals surface area (Å²) in [6.45, 7) is 6.41. The Labute approximate surface area is 104 Å². The van der Waals surface area contributed by atoms with Crippen LogP contribution in [0.25, 0.3) is 0 Å². The summed E-state index contributed by atoms with van der Waals surface area (Å²) in [4.78, 5) is 14.1. The van der Waals surface area contributed by atoms with E-state index in [1.165, 1.54) is 0 Å². The molecule has 1 aliphatic carbocycles. The fourth-order valence-electron chi connectivity index (χ4n) is 2.51. The Morgan fingerprint density at radius 1 is 1.41 bits per heavy atom. The average molecular weight is 242 g/mol. The van der Waals surface area contributed by atoms with Crippen molar-refractivity contribution in [3.8, 4) is 0 Å². The Kier molecular flexibility index (Phi) is 4.95. The topological polar surface area (TPSA) is 66.6 Å². The second-order valence-electron chi connectivity index (χ2n) is 5.72. The minimum atomic E-state index is -0.843. The minimum Gasteiger partial charge on any atom is -0.389 e. The molecule has 2 atom stereocenters. The maximum absolute atomic E-state index is 12.4. The van der Waals surface area contributed by atoms with Gasteiger partial charge in [-0.15, -0.1) is 0 Å². The van der Waals surface area contributed by atoms with Crippen molar-refractivity contribution >= 4 is 5.91 Å². The lowest BCUT2D eigenvalue weighted by atomic mass is 9.84. The van der Waals surface area contributed by atoms with E-state index in [0.717, 1.165) is 25.7 Å². The van der Waals surface area contributed by atoms with E-state index in [2.05, 4.69) is 0 Å². The molecule has 1 amide bonds. The van der Waals surface area contributed by atoms with E-state index in [-0.39, 0.29) is 17.9 Å². The number of nitrogens with two attached hydrogens (primary N) is 1. The molecule has 3 N–H and O–H groups in total. The van der Waals surface area contributed by atoms with Crippen LogP contribution >= 0.6 is 0 Å². The van der Waals surface area contributed by atoms with Crippen molar-refractivity contribution in [2.75, 3.05) is 13.1 Å². The molecule has 0 aliphatic heterocycles. The van der Waals surface area contributed by atoms with Crippen molar-refractivity contribution in [2.24, 2.45) is 11.7 Å². The highest BCUT2D eigenvalue weighted by Crippen LogP contribution is 2.25. The Hall–Kier alpha value is -0.610. The fourth-order valence-corrected chi connectivity index (χ4v) is 2.51. The van der Waals surface area contributed by atoms with Gasteiger partial charge in [-0.25, -0.2) is 0 Å². The summed E-state index contributed by atoms with van der Waals surface area (Å²) in [6, 6.07) is -0.00731. The van der Waals surface area contributed by atoms with E-state index in [0.29, 0.717) is 13.1 Å². The third kappa shape index (κ3) is 4.28. The molecule has 0 aromatic rings. The van der Waals surface area contributed by atoms with Gasteiger partial charge in [-0.05, 0) is 33.6 Å². The zero-order valence-electron chi connectivity index (χ0n) is 11.3. The summed E-state index contributed by atoms with van der Waals surface area (Å²) in [7, 11) is 0. The lowest BCUT2D eigenvalue weighted by Crippen LogP contribution is -2.49. The second kappa shape index (κ2) is 5.83. The zero-order valence-corrected chi connectivity index (χ0v) is 11.3. The first-order valence-electron chi connectivity index (χ1n) is 6.62. The molecule has 17 heavy (non-hydrogen) atoms. The molecular weight excluding hydrogens is 216 g/mol. The number of rotatable bonds is 4. The second-order valence-corrected chi connectivity index (χ2v) is 5.72. The van der Waals surface area contributed by atoms with Gasteiger partial charge in [-0.1, -0.05) is 12.8 Å². The lowest BCUT2D eigenvalue weighted by Gasteiger charge is -2.35. The van der Waals surface area contributed by atoms with E-state index in [9.17, 15) is 9.90 Å². The number of nitrogens with zero attached hydrogens (tertiary/aromatic N) is 1. The SMILES string of the molecule is CCN(CC(C)(C)O)C(=O)C1CCCCC1N. The van der Waals surface area contributed by atoms with Crippen LogP contribution in [0.5, 0.6) is 0 Å². The number of hydrogen-bond acceptors (Lipinski definition) is 3. The van der Waals surface area contributed by atoms with E-state index in [1.54, 1.807) is 18.7 Å². The van der Waals surface area contributed by atoms with E-state index >= 15 is 0 Å². The van der Waals surface area contributed by atoms with Gasteiger partial charge in [0.05, 0.1) is 11.5 Å². The van der Waals surface area contributed by atoms with Crippen LogP contribution in [0.15, 0.2) is 0 Å². The summed E-state index contributed by atoms with van der Waals surface area (Å²) < 4.78 is 0. The van der Waals surface area contributed by atoms with Crippen molar-refractivity contribution in [2.45, 2.75) is 58.1 Å². The number of aliphatic hydroxyl groups is 1. The fraction of sp³-hybridized carbons (Fsp3) is 0.923. The molecule has 2 unspecified atom stereocenters. The van der Waals surface area contributed by atoms with Crippen LogP contribution in [0.2, 0.25) is 0 Å². The summed E-state index contributed by atoms with van der Waals surface area (Å²) in [6.07, 6.45) is 4.05. The van der Waals surface area contributed by atoms with Crippen LogP contribution in [-0.2, 0) is 4.79 Å². The van der Waals surface area contributed by atoms with Gasteiger partial charge in [-0.3, -0.25) is 4.79 Å². The molecule has 0 saturated heterocycles. The van der Waals surface area contributed by atoms with Gasteiger partial charge >= 0.3 is 0 Å². The first-order valence-corrected chi connectivity index (χ1v) is 6.62. The minimum absolute atomic E-state index is 0.00731. The molecule has 1 saturated carbocycles. The average Bonchev–Trinajstić information content (AvgIpc) is 2.24. The standard InChI is InChI=1S/C13H26N2O2/c1-4-15(9-13(2,3)17)12(16)10-7-5-6-8-11(10)14/h10-11,17H,4-9,14H2,1-3H3. The Balaban J connectivity index is 2.64. The summed E-state index contributed by atoms with van der Waals surface area (Å²) in [5.74, 6) is 0.0628. The molecule has 0 spiro atoms. The molecule has 1 fully saturated rings. The smallest absolute Gasteiger partial charge is 0.227 e. The predicted octanol–water partition coefficient (Wildman–Crippen LogP) is 1.12. The number of likely N-dealkylation sites (N-methyl/N-ethyl adjacent to an activating group) is 1. The van der Waals surface area contributed by atoms with Crippen molar-refractivity contribution in [1.29, 1.82) is 0 Å². The predicted molar refractivity (Wildman–Crippen MR) is 68.5 cm³/mol. The van der Waals surface area contributed by atoms with Crippen molar-refractivity contribution in [3.05, 3.63) is 0 Å². The van der Waals surface area contributed by atoms with E-state index in [1.807, 2.05) is 6.92 Å². The normalized spacial score (nSPS) is 25.7. The lowest BCUT2D eigenvalue weighted by molar-refractivity contribution is -0.139. The third-order valence-electron chi connectivity index (χ3n) is 3.41. The summed E-state index contributed by atoms with van der Waals surface area (Å²) in [5.41, 5.74) is 5.18. The first kappa shape index (κ1) is 14.5. The molecule has 4 nitrogen and oxygen atoms in total. The molecule has 0 heterocycles. The van der Waals surface area contributed by atoms with Gasteiger partial charge in [0.2, 0.25) is 5.91 Å². The quantitative estimate of drug-likeness (QED) is 0.776. The monoisotopic (exact) mass is 242 g/mol. The molecule has 1 aliphatic rings. The van der Waals surface area contributed by atoms with Crippen LogP contribution in [0, 0.1) is 5.92 Å². The highest BCUT2D eigenvalue weighted by atomic mass is 16.3. The largest absolute Gasteiger partial charge is 0.389 e. The van der Waals surface area contributed by atoms with Crippen LogP contribution in [0.1, 0.15) is 46.5 Å². The first-order chi connectivity index (χ1) is 7.85. The van der Waals surface area contributed by atoms with Gasteiger partial charge in [-0.2, -0.15) is 0 Å². The number of carbonyl (C=O) groups is 1. The Morgan fingerprint density at radius 2 is 2.00 bits per heavy atom. The van der Waals surface area contributed by atoms with Crippen LogP contribution in [-0.4, -0.2) is 40.6 Å². The molecule has 0 aromatic carbocycles. The van der Waals surface area contributed by atoms with E-state index in [4.69, 9.17) is 5.73 Å². The molecule has 0 radical (unpaired) electrons. The third-order valence-corrected chi connectivity index (χ3v) is 3.41. The highest BCUT2D eigenvalue weighted by Gasteiger charge is 2.32. The molecule has 1 rings (SSSR count). The van der Waals surface area contributed by atoms with Crippen molar-refractivity contribution in [3.63, 3.8) is 0 Å². The number of amides is 1. The van der Waals surface area contributed by atoms with E-state index < -0.39 is 5.60 Å². The van der Waals surface area contributed by atoms with Crippen LogP contribution in [0.4, 0.5) is 0 Å². The zero-order chi connectivity index (χ0) is 13.1. The molecule has 4 heteroatoms. The number of hydrogen-bond donors (Lipinski definition) is 2. The van der Waals surface area contributed by atoms with Gasteiger partial charge in [0, 0.05) is 19.1 Å². The van der Waals surface area contributed by atoms with Gasteiger partial charge in [0.15, 0.2) is 0 Å². The van der Waals surface area contributed by atoms with Gasteiger partial charge in [0.1, 0.15) is 0 Å². The van der Waals surface area contributed by atoms with Crippen molar-refractivity contribution in [1.82, 2.24) is 4.90 Å². The molecule has 0 bridgehead atoms. The maximum Gasteiger partial charge on any atom is 0.227 e. The molecular formula is C13H26N2O2. The Morgan fingerprint density at radius 3 is 2.47 bits per heavy atom. The summed E-state index contributed by atoms with van der Waals surface area (Å²) in [5, 5.41) is 9.81. The molecule has 100 valence electrons. The number of carbonyl (C=O) groups excluding carboxylic acids is 1. The van der Waals surface area contributed by atoms with Crippen LogP contribution < -0.4 is 5.73 Å². The van der Waals surface area contributed by atoms with Crippen molar-refractivity contribution < 1.29 is 9.90 Å². The van der Waals surface area contributed by atoms with Crippen LogP contribution in [0.3, 0.4) is 0 Å².